The Balaban J connectivity index is 2.65. The first kappa shape index (κ1) is 15.5. The second kappa shape index (κ2) is 8.54. The molecule has 1 rings (SSSR count). The van der Waals surface area contributed by atoms with Crippen molar-refractivity contribution in [1.29, 1.82) is 0 Å². The van der Waals surface area contributed by atoms with Gasteiger partial charge in [-0.3, -0.25) is 4.90 Å². The van der Waals surface area contributed by atoms with Gasteiger partial charge >= 0.3 is 0 Å². The van der Waals surface area contributed by atoms with Crippen molar-refractivity contribution < 1.29 is 5.11 Å². The molecule has 0 bridgehead atoms. The molecule has 0 fully saturated rings. The van der Waals surface area contributed by atoms with E-state index in [9.17, 15) is 5.11 Å². The van der Waals surface area contributed by atoms with E-state index < -0.39 is 0 Å². The van der Waals surface area contributed by atoms with E-state index in [-0.39, 0.29) is 0 Å². The molecule has 0 heterocycles. The van der Waals surface area contributed by atoms with Gasteiger partial charge in [-0.2, -0.15) is 0 Å². The first-order valence-electron chi connectivity index (χ1n) is 6.87. The van der Waals surface area contributed by atoms with E-state index in [0.29, 0.717) is 5.75 Å². The molecule has 0 atom stereocenters. The molecule has 3 heteroatoms. The Labute approximate surface area is 119 Å². The van der Waals surface area contributed by atoms with Crippen molar-refractivity contribution in [2.75, 3.05) is 13.1 Å². The van der Waals surface area contributed by atoms with Crippen LogP contribution in [0.3, 0.4) is 0 Å². The van der Waals surface area contributed by atoms with E-state index in [1.165, 1.54) is 25.7 Å². The summed E-state index contributed by atoms with van der Waals surface area (Å²) in [4.78, 5) is 2.44. The number of unbranched alkanes of at least 4 members (excludes halogenated alkanes) is 2. The highest BCUT2D eigenvalue weighted by atomic mass is 79.9. The molecule has 0 amide bonds. The first-order valence-corrected chi connectivity index (χ1v) is 7.67. The summed E-state index contributed by atoms with van der Waals surface area (Å²) in [5.41, 5.74) is 1.01. The highest BCUT2D eigenvalue weighted by molar-refractivity contribution is 9.10. The van der Waals surface area contributed by atoms with Gasteiger partial charge in [0, 0.05) is 12.1 Å². The lowest BCUT2D eigenvalue weighted by Gasteiger charge is -2.22. The third kappa shape index (κ3) is 4.99. The predicted molar refractivity (Wildman–Crippen MR) is 80.9 cm³/mol. The largest absolute Gasteiger partial charge is 0.506 e. The second-order valence-electron chi connectivity index (χ2n) is 4.73. The van der Waals surface area contributed by atoms with Gasteiger partial charge in [0.1, 0.15) is 5.75 Å². The Morgan fingerprint density at radius 1 is 1.11 bits per heavy atom. The van der Waals surface area contributed by atoms with Gasteiger partial charge in [0.2, 0.25) is 0 Å². The highest BCUT2D eigenvalue weighted by Crippen LogP contribution is 2.28. The molecule has 1 aromatic rings. The lowest BCUT2D eigenvalue weighted by molar-refractivity contribution is 0.253. The number of phenols is 1. The number of hydrogen-bond donors (Lipinski definition) is 1. The van der Waals surface area contributed by atoms with Gasteiger partial charge in [-0.05, 0) is 47.9 Å². The maximum Gasteiger partial charge on any atom is 0.134 e. The van der Waals surface area contributed by atoms with Crippen LogP contribution in [-0.4, -0.2) is 23.1 Å². The maximum absolute atomic E-state index is 10.0. The van der Waals surface area contributed by atoms with E-state index in [2.05, 4.69) is 34.7 Å². The molecule has 1 N–H and O–H groups in total. The van der Waals surface area contributed by atoms with Crippen molar-refractivity contribution in [1.82, 2.24) is 4.90 Å². The van der Waals surface area contributed by atoms with Crippen LogP contribution in [0.1, 0.15) is 45.1 Å². The molecule has 0 radical (unpaired) electrons. The summed E-state index contributed by atoms with van der Waals surface area (Å²) in [5, 5.41) is 10.0. The van der Waals surface area contributed by atoms with Gasteiger partial charge in [-0.25, -0.2) is 0 Å². The monoisotopic (exact) mass is 313 g/mol. The van der Waals surface area contributed by atoms with E-state index >= 15 is 0 Å². The Hall–Kier alpha value is -0.540. The number of nitrogens with zero attached hydrogens (tertiary/aromatic N) is 1. The molecular formula is C15H24BrNO. The van der Waals surface area contributed by atoms with Crippen LogP contribution in [0.5, 0.6) is 5.75 Å². The number of para-hydroxylation sites is 1. The minimum absolute atomic E-state index is 0.385. The summed E-state index contributed by atoms with van der Waals surface area (Å²) >= 11 is 3.37. The van der Waals surface area contributed by atoms with Crippen molar-refractivity contribution in [2.24, 2.45) is 0 Å². The zero-order valence-corrected chi connectivity index (χ0v) is 13.0. The lowest BCUT2D eigenvalue weighted by Crippen LogP contribution is -2.25. The number of halogens is 1. The minimum Gasteiger partial charge on any atom is -0.506 e. The van der Waals surface area contributed by atoms with Crippen molar-refractivity contribution in [3.63, 3.8) is 0 Å². The van der Waals surface area contributed by atoms with Gasteiger partial charge in [0.05, 0.1) is 4.47 Å². The lowest BCUT2D eigenvalue weighted by atomic mass is 10.1. The summed E-state index contributed by atoms with van der Waals surface area (Å²) in [6, 6.07) is 5.86. The summed E-state index contributed by atoms with van der Waals surface area (Å²) in [7, 11) is 0. The number of benzene rings is 1. The van der Waals surface area contributed by atoms with E-state index in [1.54, 1.807) is 0 Å². The van der Waals surface area contributed by atoms with Gasteiger partial charge in [0.25, 0.3) is 0 Å². The molecule has 0 aromatic heterocycles. The zero-order chi connectivity index (χ0) is 13.4. The third-order valence-electron chi connectivity index (χ3n) is 3.12. The Kier molecular flexibility index (Phi) is 7.36. The average molecular weight is 314 g/mol. The van der Waals surface area contributed by atoms with E-state index in [1.807, 2.05) is 18.2 Å². The predicted octanol–water partition coefficient (Wildman–Crippen LogP) is 4.56. The molecule has 102 valence electrons. The smallest absolute Gasteiger partial charge is 0.134 e. The fraction of sp³-hybridized carbons (Fsp3) is 0.600. The number of rotatable bonds is 8. The normalized spacial score (nSPS) is 11.1. The van der Waals surface area contributed by atoms with E-state index in [4.69, 9.17) is 0 Å². The number of aromatic hydroxyl groups is 1. The fourth-order valence-corrected chi connectivity index (χ4v) is 2.37. The number of phenolic OH excluding ortho intramolecular Hbond substituents is 1. The first-order chi connectivity index (χ1) is 8.69. The van der Waals surface area contributed by atoms with Crippen molar-refractivity contribution in [3.8, 4) is 5.75 Å². The standard InChI is InChI=1S/C15H24BrNO/c1-3-5-10-17(11-6-4-2)12-13-8-7-9-14(16)15(13)18/h7-9,18H,3-6,10-12H2,1-2H3. The topological polar surface area (TPSA) is 23.5 Å². The third-order valence-corrected chi connectivity index (χ3v) is 3.76. The average Bonchev–Trinajstić information content (AvgIpc) is 2.38. The maximum atomic E-state index is 10.0. The molecule has 0 saturated heterocycles. The van der Waals surface area contributed by atoms with Crippen LogP contribution in [0.15, 0.2) is 22.7 Å². The summed E-state index contributed by atoms with van der Waals surface area (Å²) in [6.07, 6.45) is 4.87. The van der Waals surface area contributed by atoms with E-state index in [0.717, 1.165) is 29.7 Å². The van der Waals surface area contributed by atoms with Crippen LogP contribution in [0.2, 0.25) is 0 Å². The van der Waals surface area contributed by atoms with Gasteiger partial charge in [-0.15, -0.1) is 0 Å². The van der Waals surface area contributed by atoms with Crippen LogP contribution >= 0.6 is 15.9 Å². The molecule has 1 aromatic carbocycles. The highest BCUT2D eigenvalue weighted by Gasteiger charge is 2.10. The Bertz CT molecular complexity index is 346. The SMILES string of the molecule is CCCCN(CCCC)Cc1cccc(Br)c1O. The minimum atomic E-state index is 0.385. The zero-order valence-electron chi connectivity index (χ0n) is 11.5. The fourth-order valence-electron chi connectivity index (χ4n) is 1.96. The van der Waals surface area contributed by atoms with Gasteiger partial charge in [0.15, 0.2) is 0 Å². The molecule has 0 aliphatic carbocycles. The van der Waals surface area contributed by atoms with Crippen LogP contribution < -0.4 is 0 Å². The molecule has 0 aliphatic rings. The molecule has 0 aliphatic heterocycles. The molecule has 18 heavy (non-hydrogen) atoms. The van der Waals surface area contributed by atoms with Crippen molar-refractivity contribution >= 4 is 15.9 Å². The quantitative estimate of drug-likeness (QED) is 0.760. The van der Waals surface area contributed by atoms with Crippen LogP contribution in [0.25, 0.3) is 0 Å². The number of hydrogen-bond acceptors (Lipinski definition) is 2. The second-order valence-corrected chi connectivity index (χ2v) is 5.59. The van der Waals surface area contributed by atoms with Crippen LogP contribution in [0, 0.1) is 0 Å². The summed E-state index contributed by atoms with van der Waals surface area (Å²) in [6.45, 7) is 7.50. The Morgan fingerprint density at radius 2 is 1.72 bits per heavy atom. The molecular weight excluding hydrogens is 290 g/mol. The van der Waals surface area contributed by atoms with Crippen LogP contribution in [-0.2, 0) is 6.54 Å². The Morgan fingerprint density at radius 3 is 2.28 bits per heavy atom. The molecule has 0 unspecified atom stereocenters. The van der Waals surface area contributed by atoms with Gasteiger partial charge in [-0.1, -0.05) is 38.8 Å². The molecule has 0 saturated carbocycles. The molecule has 0 spiro atoms. The van der Waals surface area contributed by atoms with Crippen molar-refractivity contribution in [2.45, 2.75) is 46.1 Å². The van der Waals surface area contributed by atoms with Gasteiger partial charge < -0.3 is 5.11 Å². The summed E-state index contributed by atoms with van der Waals surface area (Å²) < 4.78 is 0.783. The molecule has 2 nitrogen and oxygen atoms in total. The summed E-state index contributed by atoms with van der Waals surface area (Å²) in [5.74, 6) is 0.385. The van der Waals surface area contributed by atoms with Crippen LogP contribution in [0.4, 0.5) is 0 Å². The van der Waals surface area contributed by atoms with Crippen molar-refractivity contribution in [3.05, 3.63) is 28.2 Å².